The first-order valence-corrected chi connectivity index (χ1v) is 6.37. The molecule has 18 heavy (non-hydrogen) atoms. The molecule has 1 saturated heterocycles. The zero-order chi connectivity index (χ0) is 13.3. The van der Waals surface area contributed by atoms with Crippen LogP contribution in [0.4, 0.5) is 4.39 Å². The van der Waals surface area contributed by atoms with Gasteiger partial charge >= 0.3 is 0 Å². The molecule has 0 unspecified atom stereocenters. The van der Waals surface area contributed by atoms with Crippen LogP contribution in [0.5, 0.6) is 0 Å². The normalized spacial score (nSPS) is 17.0. The molecule has 1 fully saturated rings. The molecule has 0 bridgehead atoms. The molecule has 0 saturated carbocycles. The van der Waals surface area contributed by atoms with Crippen LogP contribution in [0, 0.1) is 5.82 Å². The maximum Gasteiger partial charge on any atom is 0.255 e. The predicted octanol–water partition coefficient (Wildman–Crippen LogP) is 2.52. The first-order chi connectivity index (χ1) is 8.49. The van der Waals surface area contributed by atoms with Gasteiger partial charge in [0, 0.05) is 26.2 Å². The minimum Gasteiger partial charge on any atom is -0.336 e. The van der Waals surface area contributed by atoms with Crippen LogP contribution < -0.4 is 0 Å². The molecule has 2 rings (SSSR count). The van der Waals surface area contributed by atoms with Crippen molar-refractivity contribution in [3.05, 3.63) is 33.6 Å². The van der Waals surface area contributed by atoms with Crippen LogP contribution >= 0.6 is 23.2 Å². The minimum absolute atomic E-state index is 0.0741. The quantitative estimate of drug-likeness (QED) is 0.742. The summed E-state index contributed by atoms with van der Waals surface area (Å²) >= 11 is 11.5. The van der Waals surface area contributed by atoms with Crippen molar-refractivity contribution in [2.24, 2.45) is 0 Å². The molecule has 1 amide bonds. The van der Waals surface area contributed by atoms with E-state index in [-0.39, 0.29) is 21.5 Å². The number of hydrogen-bond acceptors (Lipinski definition) is 2. The first kappa shape index (κ1) is 13.6. The number of halogens is 3. The van der Waals surface area contributed by atoms with Gasteiger partial charge in [0.2, 0.25) is 0 Å². The highest BCUT2D eigenvalue weighted by molar-refractivity contribution is 6.36. The summed E-state index contributed by atoms with van der Waals surface area (Å²) in [6.45, 7) is 2.85. The minimum atomic E-state index is -0.626. The van der Waals surface area contributed by atoms with Gasteiger partial charge in [-0.25, -0.2) is 4.39 Å². The molecule has 0 spiro atoms. The molecule has 3 nitrogen and oxygen atoms in total. The summed E-state index contributed by atoms with van der Waals surface area (Å²) in [5, 5.41) is 0.111. The van der Waals surface area contributed by atoms with Gasteiger partial charge in [-0.15, -0.1) is 0 Å². The highest BCUT2D eigenvalue weighted by atomic mass is 35.5. The van der Waals surface area contributed by atoms with Crippen LogP contribution in [-0.4, -0.2) is 48.9 Å². The second-order valence-electron chi connectivity index (χ2n) is 4.34. The second kappa shape index (κ2) is 5.43. The fourth-order valence-electron chi connectivity index (χ4n) is 1.87. The Hall–Kier alpha value is -0.840. The van der Waals surface area contributed by atoms with E-state index in [9.17, 15) is 9.18 Å². The number of piperazine rings is 1. The Morgan fingerprint density at radius 2 is 1.78 bits per heavy atom. The Morgan fingerprint density at radius 1 is 1.17 bits per heavy atom. The average molecular weight is 291 g/mol. The van der Waals surface area contributed by atoms with Gasteiger partial charge in [-0.3, -0.25) is 4.79 Å². The molecule has 98 valence electrons. The summed E-state index contributed by atoms with van der Waals surface area (Å²) < 4.78 is 13.4. The average Bonchev–Trinajstić information content (AvgIpc) is 2.34. The fraction of sp³-hybridized carbons (Fsp3) is 0.417. The molecule has 0 radical (unpaired) electrons. The monoisotopic (exact) mass is 290 g/mol. The highest BCUT2D eigenvalue weighted by Crippen LogP contribution is 2.25. The largest absolute Gasteiger partial charge is 0.336 e. The summed E-state index contributed by atoms with van der Waals surface area (Å²) in [6, 6.07) is 2.37. The van der Waals surface area contributed by atoms with Gasteiger partial charge in [-0.1, -0.05) is 23.2 Å². The molecule has 0 atom stereocenters. The van der Waals surface area contributed by atoms with Crippen molar-refractivity contribution in [3.8, 4) is 0 Å². The molecule has 1 aromatic carbocycles. The third kappa shape index (κ3) is 2.76. The molecule has 6 heteroatoms. The smallest absolute Gasteiger partial charge is 0.255 e. The summed E-state index contributed by atoms with van der Waals surface area (Å²) in [4.78, 5) is 16.0. The third-order valence-corrected chi connectivity index (χ3v) is 3.63. The molecule has 0 aromatic heterocycles. The van der Waals surface area contributed by atoms with Crippen molar-refractivity contribution in [3.63, 3.8) is 0 Å². The summed E-state index contributed by atoms with van der Waals surface area (Å²) in [5.41, 5.74) is 0.170. The van der Waals surface area contributed by atoms with E-state index in [4.69, 9.17) is 23.2 Å². The van der Waals surface area contributed by atoms with Crippen molar-refractivity contribution in [1.29, 1.82) is 0 Å². The lowest BCUT2D eigenvalue weighted by Crippen LogP contribution is -2.47. The number of carbonyl (C=O) groups is 1. The van der Waals surface area contributed by atoms with Gasteiger partial charge in [0.15, 0.2) is 0 Å². The number of hydrogen-bond donors (Lipinski definition) is 0. The van der Waals surface area contributed by atoms with E-state index in [1.807, 2.05) is 7.05 Å². The molecule has 1 aliphatic rings. The van der Waals surface area contributed by atoms with Crippen molar-refractivity contribution in [2.45, 2.75) is 0 Å². The Balaban J connectivity index is 2.21. The molecular formula is C12H13Cl2FN2O. The van der Waals surface area contributed by atoms with Gasteiger partial charge in [-0.05, 0) is 19.2 Å². The third-order valence-electron chi connectivity index (χ3n) is 3.03. The van der Waals surface area contributed by atoms with Crippen molar-refractivity contribution in [1.82, 2.24) is 9.80 Å². The molecule has 0 aliphatic carbocycles. The van der Waals surface area contributed by atoms with E-state index in [2.05, 4.69) is 4.90 Å². The Morgan fingerprint density at radius 3 is 2.39 bits per heavy atom. The maximum absolute atomic E-state index is 13.4. The van der Waals surface area contributed by atoms with Crippen LogP contribution in [0.3, 0.4) is 0 Å². The number of likely N-dealkylation sites (N-methyl/N-ethyl adjacent to an activating group) is 1. The molecule has 0 N–H and O–H groups in total. The van der Waals surface area contributed by atoms with Crippen LogP contribution in [-0.2, 0) is 0 Å². The number of carbonyl (C=O) groups excluding carboxylic acids is 1. The number of nitrogens with zero attached hydrogens (tertiary/aromatic N) is 2. The van der Waals surface area contributed by atoms with E-state index in [0.717, 1.165) is 19.2 Å². The second-order valence-corrected chi connectivity index (χ2v) is 5.16. The lowest BCUT2D eigenvalue weighted by Gasteiger charge is -2.32. The highest BCUT2D eigenvalue weighted by Gasteiger charge is 2.23. The van der Waals surface area contributed by atoms with E-state index in [0.29, 0.717) is 13.1 Å². The van der Waals surface area contributed by atoms with Crippen LogP contribution in [0.15, 0.2) is 12.1 Å². The SMILES string of the molecule is CN1CCN(C(=O)c2cc(F)c(Cl)cc2Cl)CC1. The maximum atomic E-state index is 13.4. The topological polar surface area (TPSA) is 23.6 Å². The molecule has 1 aliphatic heterocycles. The lowest BCUT2D eigenvalue weighted by molar-refractivity contribution is 0.0664. The number of amides is 1. The molecule has 1 aromatic rings. The van der Waals surface area contributed by atoms with Gasteiger partial charge in [0.25, 0.3) is 5.91 Å². The van der Waals surface area contributed by atoms with Gasteiger partial charge in [0.1, 0.15) is 5.82 Å². The zero-order valence-corrected chi connectivity index (χ0v) is 11.4. The van der Waals surface area contributed by atoms with Crippen molar-refractivity contribution in [2.75, 3.05) is 33.2 Å². The number of rotatable bonds is 1. The molecule has 1 heterocycles. The van der Waals surface area contributed by atoms with E-state index in [1.165, 1.54) is 6.07 Å². The zero-order valence-electron chi connectivity index (χ0n) is 9.92. The van der Waals surface area contributed by atoms with Crippen LogP contribution in [0.25, 0.3) is 0 Å². The van der Waals surface area contributed by atoms with E-state index >= 15 is 0 Å². The van der Waals surface area contributed by atoms with E-state index < -0.39 is 5.82 Å². The first-order valence-electron chi connectivity index (χ1n) is 5.61. The summed E-state index contributed by atoms with van der Waals surface area (Å²) in [7, 11) is 2.00. The fourth-order valence-corrected chi connectivity index (χ4v) is 2.33. The summed E-state index contributed by atoms with van der Waals surface area (Å²) in [5.74, 6) is -0.873. The van der Waals surface area contributed by atoms with Gasteiger partial charge < -0.3 is 9.80 Å². The Kier molecular flexibility index (Phi) is 4.10. The van der Waals surface area contributed by atoms with Crippen molar-refractivity contribution >= 4 is 29.1 Å². The van der Waals surface area contributed by atoms with Gasteiger partial charge in [0.05, 0.1) is 15.6 Å². The van der Waals surface area contributed by atoms with E-state index in [1.54, 1.807) is 4.90 Å². The predicted molar refractivity (Wildman–Crippen MR) is 69.8 cm³/mol. The molecular weight excluding hydrogens is 278 g/mol. The Labute approximate surface area is 115 Å². The summed E-state index contributed by atoms with van der Waals surface area (Å²) in [6.07, 6.45) is 0. The van der Waals surface area contributed by atoms with Crippen LogP contribution in [0.1, 0.15) is 10.4 Å². The van der Waals surface area contributed by atoms with Crippen LogP contribution in [0.2, 0.25) is 10.0 Å². The van der Waals surface area contributed by atoms with Crippen molar-refractivity contribution < 1.29 is 9.18 Å². The lowest BCUT2D eigenvalue weighted by atomic mass is 10.1. The Bertz CT molecular complexity index is 473. The standard InChI is InChI=1S/C12H13Cl2FN2O/c1-16-2-4-17(5-3-16)12(18)8-6-11(15)10(14)7-9(8)13/h6-7H,2-5H2,1H3. The van der Waals surface area contributed by atoms with Gasteiger partial charge in [-0.2, -0.15) is 0 Å². The number of benzene rings is 1.